The Morgan fingerprint density at radius 1 is 1.62 bits per heavy atom. The number of hydrogen-bond donors (Lipinski definition) is 0. The van der Waals surface area contributed by atoms with Gasteiger partial charge in [0.1, 0.15) is 0 Å². The number of nitrogens with zero attached hydrogens (tertiary/aromatic N) is 1. The molecule has 2 atom stereocenters. The first kappa shape index (κ1) is 4.77. The SMILES string of the molecule is CC1(C)CC2ON2C1. The summed E-state index contributed by atoms with van der Waals surface area (Å²) in [5, 5.41) is 2.06. The van der Waals surface area contributed by atoms with Crippen LogP contribution in [0.15, 0.2) is 0 Å². The van der Waals surface area contributed by atoms with Crippen LogP contribution in [0.25, 0.3) is 0 Å². The molecule has 2 heteroatoms. The van der Waals surface area contributed by atoms with Crippen molar-refractivity contribution < 1.29 is 4.84 Å². The molecule has 46 valence electrons. The van der Waals surface area contributed by atoms with Gasteiger partial charge < -0.3 is 0 Å². The molecule has 2 heterocycles. The number of rotatable bonds is 0. The van der Waals surface area contributed by atoms with E-state index in [1.54, 1.807) is 0 Å². The molecule has 0 radical (unpaired) electrons. The van der Waals surface area contributed by atoms with E-state index in [0.29, 0.717) is 11.6 Å². The Morgan fingerprint density at radius 3 is 2.62 bits per heavy atom. The van der Waals surface area contributed by atoms with Crippen molar-refractivity contribution in [2.24, 2.45) is 5.41 Å². The van der Waals surface area contributed by atoms with Gasteiger partial charge in [0.25, 0.3) is 0 Å². The summed E-state index contributed by atoms with van der Waals surface area (Å²) in [5.41, 5.74) is 0.517. The predicted molar refractivity (Wildman–Crippen MR) is 30.0 cm³/mol. The lowest BCUT2D eigenvalue weighted by Crippen LogP contribution is -2.15. The van der Waals surface area contributed by atoms with Crippen molar-refractivity contribution in [3.63, 3.8) is 0 Å². The molecule has 0 spiro atoms. The van der Waals surface area contributed by atoms with Crippen LogP contribution in [0, 0.1) is 5.41 Å². The third kappa shape index (κ3) is 0.565. The van der Waals surface area contributed by atoms with Gasteiger partial charge in [-0.15, -0.1) is 0 Å². The first-order valence-corrected chi connectivity index (χ1v) is 3.11. The largest absolute Gasteiger partial charge is 0.275 e. The van der Waals surface area contributed by atoms with E-state index in [4.69, 9.17) is 4.84 Å². The molecule has 0 aromatic heterocycles. The minimum Gasteiger partial charge on any atom is -0.275 e. The summed E-state index contributed by atoms with van der Waals surface area (Å²) in [6, 6.07) is 0. The van der Waals surface area contributed by atoms with Gasteiger partial charge in [-0.2, -0.15) is 5.06 Å². The highest BCUT2D eigenvalue weighted by molar-refractivity contribution is 4.88. The second-order valence-electron chi connectivity index (χ2n) is 3.50. The van der Waals surface area contributed by atoms with Gasteiger partial charge in [0, 0.05) is 6.54 Å². The van der Waals surface area contributed by atoms with Crippen molar-refractivity contribution in [1.82, 2.24) is 5.06 Å². The molecule has 0 amide bonds. The molecule has 2 nitrogen and oxygen atoms in total. The molecule has 0 N–H and O–H groups in total. The lowest BCUT2D eigenvalue weighted by molar-refractivity contribution is 0.122. The number of hydroxylamine groups is 2. The van der Waals surface area contributed by atoms with E-state index in [1.165, 1.54) is 6.42 Å². The van der Waals surface area contributed by atoms with E-state index >= 15 is 0 Å². The average molecular weight is 113 g/mol. The Kier molecular flexibility index (Phi) is 0.649. The Bertz CT molecular complexity index is 110. The molecule has 0 aromatic rings. The molecular formula is C6H11NO. The maximum absolute atomic E-state index is 5.12. The molecule has 0 saturated carbocycles. The Hall–Kier alpha value is -0.0800. The molecule has 2 saturated heterocycles. The van der Waals surface area contributed by atoms with Crippen LogP contribution in [-0.2, 0) is 4.84 Å². The van der Waals surface area contributed by atoms with Crippen LogP contribution in [0.3, 0.4) is 0 Å². The average Bonchev–Trinajstić information content (AvgIpc) is 2.11. The van der Waals surface area contributed by atoms with Gasteiger partial charge in [0.15, 0.2) is 6.23 Å². The minimum atomic E-state index is 0.491. The molecule has 8 heavy (non-hydrogen) atoms. The van der Waals surface area contributed by atoms with Crippen molar-refractivity contribution >= 4 is 0 Å². The maximum atomic E-state index is 5.12. The van der Waals surface area contributed by atoms with Gasteiger partial charge in [0.05, 0.1) is 0 Å². The predicted octanol–water partition coefficient (Wildman–Crippen LogP) is 0.990. The van der Waals surface area contributed by atoms with Crippen molar-refractivity contribution in [2.45, 2.75) is 26.5 Å². The molecule has 2 rings (SSSR count). The van der Waals surface area contributed by atoms with E-state index in [0.717, 1.165) is 6.54 Å². The second kappa shape index (κ2) is 1.09. The summed E-state index contributed by atoms with van der Waals surface area (Å²) in [5.74, 6) is 0. The van der Waals surface area contributed by atoms with Crippen LogP contribution in [-0.4, -0.2) is 17.8 Å². The third-order valence-corrected chi connectivity index (χ3v) is 1.84. The zero-order valence-corrected chi connectivity index (χ0v) is 5.35. The van der Waals surface area contributed by atoms with Crippen LogP contribution < -0.4 is 0 Å². The van der Waals surface area contributed by atoms with E-state index in [1.807, 2.05) is 0 Å². The van der Waals surface area contributed by atoms with E-state index in [2.05, 4.69) is 18.9 Å². The molecular weight excluding hydrogens is 102 g/mol. The van der Waals surface area contributed by atoms with Crippen molar-refractivity contribution in [2.75, 3.05) is 6.54 Å². The van der Waals surface area contributed by atoms with E-state index in [9.17, 15) is 0 Å². The zero-order chi connectivity index (χ0) is 5.78. The minimum absolute atomic E-state index is 0.491. The van der Waals surface area contributed by atoms with Crippen LogP contribution in [0.2, 0.25) is 0 Å². The van der Waals surface area contributed by atoms with Gasteiger partial charge in [-0.05, 0) is 11.8 Å². The molecule has 2 aliphatic rings. The molecule has 2 unspecified atom stereocenters. The van der Waals surface area contributed by atoms with Crippen molar-refractivity contribution in [3.05, 3.63) is 0 Å². The standard InChI is InChI=1S/C6H11NO/c1-6(2)3-5-7(4-6)8-5/h5H,3-4H2,1-2H3. The summed E-state index contributed by atoms with van der Waals surface area (Å²) < 4.78 is 0. The highest BCUT2D eigenvalue weighted by Crippen LogP contribution is 2.43. The lowest BCUT2D eigenvalue weighted by atomic mass is 9.92. The van der Waals surface area contributed by atoms with Gasteiger partial charge in [-0.1, -0.05) is 13.8 Å². The summed E-state index contributed by atoms with van der Waals surface area (Å²) in [7, 11) is 0. The van der Waals surface area contributed by atoms with E-state index in [-0.39, 0.29) is 0 Å². The maximum Gasteiger partial charge on any atom is 0.155 e. The first-order chi connectivity index (χ1) is 3.67. The normalized spacial score (nSPS) is 48.8. The van der Waals surface area contributed by atoms with Crippen molar-refractivity contribution in [3.8, 4) is 0 Å². The van der Waals surface area contributed by atoms with Crippen LogP contribution in [0.1, 0.15) is 20.3 Å². The van der Waals surface area contributed by atoms with Gasteiger partial charge in [0.2, 0.25) is 0 Å². The molecule has 0 aliphatic carbocycles. The smallest absolute Gasteiger partial charge is 0.155 e. The number of hydrogen-bond acceptors (Lipinski definition) is 2. The molecule has 2 fully saturated rings. The Labute approximate surface area is 49.4 Å². The topological polar surface area (TPSA) is 15.5 Å². The first-order valence-electron chi connectivity index (χ1n) is 3.11. The molecule has 0 bridgehead atoms. The van der Waals surface area contributed by atoms with Gasteiger partial charge in [-0.3, -0.25) is 4.84 Å². The summed E-state index contributed by atoms with van der Waals surface area (Å²) in [6.45, 7) is 5.68. The highest BCUT2D eigenvalue weighted by Gasteiger charge is 2.49. The molecule has 0 aromatic carbocycles. The summed E-state index contributed by atoms with van der Waals surface area (Å²) in [6.07, 6.45) is 1.71. The fourth-order valence-electron chi connectivity index (χ4n) is 1.37. The summed E-state index contributed by atoms with van der Waals surface area (Å²) >= 11 is 0. The van der Waals surface area contributed by atoms with Crippen molar-refractivity contribution in [1.29, 1.82) is 0 Å². The fourth-order valence-corrected chi connectivity index (χ4v) is 1.37. The Morgan fingerprint density at radius 2 is 2.38 bits per heavy atom. The van der Waals surface area contributed by atoms with Gasteiger partial charge >= 0.3 is 0 Å². The second-order valence-corrected chi connectivity index (χ2v) is 3.50. The molecule has 2 aliphatic heterocycles. The zero-order valence-electron chi connectivity index (χ0n) is 5.35. The summed E-state index contributed by atoms with van der Waals surface area (Å²) in [4.78, 5) is 5.12. The highest BCUT2D eigenvalue weighted by atomic mass is 16.8. The van der Waals surface area contributed by atoms with E-state index < -0.39 is 0 Å². The Balaban J connectivity index is 2.08. The van der Waals surface area contributed by atoms with Gasteiger partial charge in [-0.25, -0.2) is 0 Å². The van der Waals surface area contributed by atoms with Crippen LogP contribution in [0.4, 0.5) is 0 Å². The van der Waals surface area contributed by atoms with Crippen LogP contribution in [0.5, 0.6) is 0 Å². The lowest BCUT2D eigenvalue weighted by Gasteiger charge is -2.15. The quantitative estimate of drug-likeness (QED) is 0.435. The fraction of sp³-hybridized carbons (Fsp3) is 1.00. The third-order valence-electron chi connectivity index (χ3n) is 1.84. The monoisotopic (exact) mass is 113 g/mol. The number of fused-ring (bicyclic) bond motifs is 1. The van der Waals surface area contributed by atoms with Crippen LogP contribution >= 0.6 is 0 Å².